The van der Waals surface area contributed by atoms with E-state index in [1.165, 1.54) is 5.56 Å². The highest BCUT2D eigenvalue weighted by molar-refractivity contribution is 6.03. The van der Waals surface area contributed by atoms with Crippen LogP contribution in [0.25, 0.3) is 0 Å². The number of amides is 1. The van der Waals surface area contributed by atoms with Crippen molar-refractivity contribution >= 4 is 23.1 Å². The summed E-state index contributed by atoms with van der Waals surface area (Å²) in [6.45, 7) is 3.85. The number of nitrogens with one attached hydrogen (secondary N) is 2. The molecular formula is C21H19N5O. The summed E-state index contributed by atoms with van der Waals surface area (Å²) in [4.78, 5) is 21.1. The zero-order chi connectivity index (χ0) is 19.2. The fourth-order valence-electron chi connectivity index (χ4n) is 2.54. The molecule has 0 saturated heterocycles. The molecule has 0 unspecified atom stereocenters. The first-order chi connectivity index (χ1) is 13.1. The van der Waals surface area contributed by atoms with Crippen LogP contribution in [0, 0.1) is 18.3 Å². The Morgan fingerprint density at radius 2 is 1.70 bits per heavy atom. The molecule has 1 aromatic heterocycles. The number of carbonyl (C=O) groups excluding carboxylic acids is 1. The Bertz CT molecular complexity index is 989. The van der Waals surface area contributed by atoms with Gasteiger partial charge in [0.25, 0.3) is 5.91 Å². The Morgan fingerprint density at radius 1 is 1.04 bits per heavy atom. The summed E-state index contributed by atoms with van der Waals surface area (Å²) < 4.78 is 0. The minimum atomic E-state index is -0.338. The van der Waals surface area contributed by atoms with Gasteiger partial charge in [0.05, 0.1) is 11.6 Å². The van der Waals surface area contributed by atoms with Crippen LogP contribution in [0.2, 0.25) is 0 Å². The molecule has 1 heterocycles. The quantitative estimate of drug-likeness (QED) is 0.713. The van der Waals surface area contributed by atoms with Crippen molar-refractivity contribution in [2.24, 2.45) is 0 Å². The Morgan fingerprint density at radius 3 is 2.33 bits per heavy atom. The van der Waals surface area contributed by atoms with Gasteiger partial charge in [-0.2, -0.15) is 5.26 Å². The number of aryl methyl sites for hydroxylation is 2. The van der Waals surface area contributed by atoms with Crippen LogP contribution in [-0.4, -0.2) is 15.9 Å². The van der Waals surface area contributed by atoms with Gasteiger partial charge >= 0.3 is 0 Å². The van der Waals surface area contributed by atoms with Gasteiger partial charge in [0.15, 0.2) is 0 Å². The standard InChI is InChI=1S/C21H19N5O/c1-3-15-4-8-17(9-5-15)25-20-12-19(23-14(2)24-20)21(27)26-18-10-6-16(13-22)7-11-18/h4-12H,3H2,1-2H3,(H,26,27)(H,23,24,25). The third-order valence-corrected chi connectivity index (χ3v) is 3.98. The first-order valence-corrected chi connectivity index (χ1v) is 8.60. The molecule has 6 nitrogen and oxygen atoms in total. The van der Waals surface area contributed by atoms with Crippen molar-refractivity contribution in [1.82, 2.24) is 9.97 Å². The Hall–Kier alpha value is -3.72. The lowest BCUT2D eigenvalue weighted by Gasteiger charge is -2.10. The summed E-state index contributed by atoms with van der Waals surface area (Å²) in [7, 11) is 0. The number of hydrogen-bond donors (Lipinski definition) is 2. The molecule has 0 aliphatic carbocycles. The van der Waals surface area contributed by atoms with Crippen LogP contribution in [0.4, 0.5) is 17.2 Å². The van der Waals surface area contributed by atoms with Crippen molar-refractivity contribution in [3.8, 4) is 6.07 Å². The van der Waals surface area contributed by atoms with Gasteiger partial charge in [0.2, 0.25) is 0 Å². The number of nitriles is 1. The lowest BCUT2D eigenvalue weighted by Crippen LogP contribution is -2.15. The molecule has 0 saturated carbocycles. The zero-order valence-corrected chi connectivity index (χ0v) is 15.2. The predicted octanol–water partition coefficient (Wildman–Crippen LogP) is 4.22. The fourth-order valence-corrected chi connectivity index (χ4v) is 2.54. The Labute approximate surface area is 157 Å². The van der Waals surface area contributed by atoms with E-state index in [1.54, 1.807) is 37.3 Å². The predicted molar refractivity (Wildman–Crippen MR) is 105 cm³/mol. The molecule has 2 aromatic carbocycles. The molecule has 134 valence electrons. The smallest absolute Gasteiger partial charge is 0.274 e. The summed E-state index contributed by atoms with van der Waals surface area (Å²) in [5.74, 6) is 0.710. The van der Waals surface area contributed by atoms with Crippen LogP contribution in [0.5, 0.6) is 0 Å². The van der Waals surface area contributed by atoms with Crippen molar-refractivity contribution in [1.29, 1.82) is 5.26 Å². The van der Waals surface area contributed by atoms with Crippen molar-refractivity contribution in [2.45, 2.75) is 20.3 Å². The number of aromatic nitrogens is 2. The zero-order valence-electron chi connectivity index (χ0n) is 15.2. The van der Waals surface area contributed by atoms with Crippen LogP contribution in [0.15, 0.2) is 54.6 Å². The van der Waals surface area contributed by atoms with Crippen molar-refractivity contribution in [3.05, 3.63) is 77.2 Å². The van der Waals surface area contributed by atoms with E-state index in [-0.39, 0.29) is 11.6 Å². The second kappa shape index (κ2) is 8.11. The molecule has 3 aromatic rings. The van der Waals surface area contributed by atoms with Crippen LogP contribution < -0.4 is 10.6 Å². The molecule has 0 fully saturated rings. The van der Waals surface area contributed by atoms with Gasteiger partial charge in [-0.3, -0.25) is 4.79 Å². The second-order valence-corrected chi connectivity index (χ2v) is 6.00. The molecule has 6 heteroatoms. The third-order valence-electron chi connectivity index (χ3n) is 3.98. The Balaban J connectivity index is 1.76. The van der Waals surface area contributed by atoms with E-state index >= 15 is 0 Å². The summed E-state index contributed by atoms with van der Waals surface area (Å²) in [5.41, 5.74) is 3.54. The van der Waals surface area contributed by atoms with Gasteiger partial charge in [0.1, 0.15) is 17.3 Å². The maximum absolute atomic E-state index is 12.5. The van der Waals surface area contributed by atoms with Gasteiger partial charge in [-0.15, -0.1) is 0 Å². The molecule has 0 aliphatic heterocycles. The highest BCUT2D eigenvalue weighted by Gasteiger charge is 2.11. The molecule has 0 aliphatic rings. The SMILES string of the molecule is CCc1ccc(Nc2cc(C(=O)Nc3ccc(C#N)cc3)nc(C)n2)cc1. The van der Waals surface area contributed by atoms with Gasteiger partial charge in [-0.05, 0) is 55.3 Å². The number of anilines is 3. The highest BCUT2D eigenvalue weighted by atomic mass is 16.1. The highest BCUT2D eigenvalue weighted by Crippen LogP contribution is 2.17. The summed E-state index contributed by atoms with van der Waals surface area (Å²) in [6, 6.07) is 18.4. The molecule has 3 rings (SSSR count). The van der Waals surface area contributed by atoms with E-state index in [1.807, 2.05) is 18.2 Å². The van der Waals surface area contributed by atoms with Crippen LogP contribution in [0.3, 0.4) is 0 Å². The Kier molecular flexibility index (Phi) is 5.43. The van der Waals surface area contributed by atoms with Crippen molar-refractivity contribution < 1.29 is 4.79 Å². The number of benzene rings is 2. The largest absolute Gasteiger partial charge is 0.340 e. The van der Waals surface area contributed by atoms with Crippen LogP contribution in [0.1, 0.15) is 34.4 Å². The van der Waals surface area contributed by atoms with Gasteiger partial charge in [-0.25, -0.2) is 9.97 Å². The molecule has 0 spiro atoms. The summed E-state index contributed by atoms with van der Waals surface area (Å²) in [5, 5.41) is 14.8. The third kappa shape index (κ3) is 4.67. The molecule has 27 heavy (non-hydrogen) atoms. The monoisotopic (exact) mass is 357 g/mol. The maximum Gasteiger partial charge on any atom is 0.274 e. The number of rotatable bonds is 5. The van der Waals surface area contributed by atoms with E-state index in [4.69, 9.17) is 5.26 Å². The van der Waals surface area contributed by atoms with Gasteiger partial charge < -0.3 is 10.6 Å². The van der Waals surface area contributed by atoms with Crippen molar-refractivity contribution in [2.75, 3.05) is 10.6 Å². The lowest BCUT2D eigenvalue weighted by atomic mass is 10.1. The number of nitrogens with zero attached hydrogens (tertiary/aromatic N) is 3. The lowest BCUT2D eigenvalue weighted by molar-refractivity contribution is 0.102. The molecule has 0 atom stereocenters. The van der Waals surface area contributed by atoms with Crippen LogP contribution >= 0.6 is 0 Å². The van der Waals surface area contributed by atoms with Gasteiger partial charge in [-0.1, -0.05) is 19.1 Å². The van der Waals surface area contributed by atoms with Gasteiger partial charge in [0, 0.05) is 17.4 Å². The van der Waals surface area contributed by atoms with Crippen molar-refractivity contribution in [3.63, 3.8) is 0 Å². The first-order valence-electron chi connectivity index (χ1n) is 8.60. The summed E-state index contributed by atoms with van der Waals surface area (Å²) >= 11 is 0. The average molecular weight is 357 g/mol. The molecule has 0 radical (unpaired) electrons. The first kappa shape index (κ1) is 18.1. The second-order valence-electron chi connectivity index (χ2n) is 6.00. The average Bonchev–Trinajstić information content (AvgIpc) is 2.68. The van der Waals surface area contributed by atoms with E-state index < -0.39 is 0 Å². The molecule has 2 N–H and O–H groups in total. The molecular weight excluding hydrogens is 338 g/mol. The minimum absolute atomic E-state index is 0.263. The van der Waals surface area contributed by atoms with E-state index in [0.717, 1.165) is 12.1 Å². The summed E-state index contributed by atoms with van der Waals surface area (Å²) in [6.07, 6.45) is 0.979. The van der Waals surface area contributed by atoms with E-state index in [9.17, 15) is 4.79 Å². The molecule has 0 bridgehead atoms. The minimum Gasteiger partial charge on any atom is -0.340 e. The fraction of sp³-hybridized carbons (Fsp3) is 0.143. The van der Waals surface area contributed by atoms with E-state index in [0.29, 0.717) is 22.9 Å². The van der Waals surface area contributed by atoms with Crippen LogP contribution in [-0.2, 0) is 6.42 Å². The number of hydrogen-bond acceptors (Lipinski definition) is 5. The van der Waals surface area contributed by atoms with E-state index in [2.05, 4.69) is 39.7 Å². The maximum atomic E-state index is 12.5. The topological polar surface area (TPSA) is 90.7 Å². The normalized spacial score (nSPS) is 10.1. The number of carbonyl (C=O) groups is 1. The molecule has 1 amide bonds.